The second-order valence-electron chi connectivity index (χ2n) is 21.1. The Morgan fingerprint density at radius 2 is 1.00 bits per heavy atom. The summed E-state index contributed by atoms with van der Waals surface area (Å²) in [6.07, 6.45) is 8.14. The lowest BCUT2D eigenvalue weighted by Crippen LogP contribution is -2.40. The number of hydrogen-bond donors (Lipinski definition) is 5. The normalized spacial score (nSPS) is 16.8. The largest absolute Gasteiger partial charge is 0.381 e. The van der Waals surface area contributed by atoms with Gasteiger partial charge in [0.1, 0.15) is 0 Å². The second-order valence-corrected chi connectivity index (χ2v) is 21.1. The average molecular weight is 1040 g/mol. The number of aromatic amines is 2. The van der Waals surface area contributed by atoms with Crippen LogP contribution in [0.15, 0.2) is 46.0 Å². The monoisotopic (exact) mass is 1040 g/mol. The number of carbonyl (C=O) groups is 2. The molecule has 408 valence electrons. The van der Waals surface area contributed by atoms with Crippen LogP contribution in [-0.2, 0) is 22.6 Å². The van der Waals surface area contributed by atoms with Crippen molar-refractivity contribution in [3.05, 3.63) is 124 Å². The number of nitrogens with zero attached hydrogens (tertiary/aromatic N) is 3. The van der Waals surface area contributed by atoms with Crippen molar-refractivity contribution < 1.29 is 19.1 Å². The van der Waals surface area contributed by atoms with Gasteiger partial charge in [-0.15, -0.1) is 0 Å². The number of hydrogen-bond acceptors (Lipinski definition) is 10. The van der Waals surface area contributed by atoms with Crippen LogP contribution in [-0.4, -0.2) is 111 Å². The molecule has 0 spiro atoms. The van der Waals surface area contributed by atoms with Crippen LogP contribution in [0.1, 0.15) is 149 Å². The predicted molar refractivity (Wildman–Crippen MR) is 306 cm³/mol. The van der Waals surface area contributed by atoms with Gasteiger partial charge in [-0.05, 0) is 198 Å². The maximum atomic E-state index is 13.6. The second kappa shape index (κ2) is 27.8. The third kappa shape index (κ3) is 15.1. The highest BCUT2D eigenvalue weighted by molar-refractivity contribution is 5.98. The third-order valence-electron chi connectivity index (χ3n) is 15.9. The first kappa shape index (κ1) is 57.5. The van der Waals surface area contributed by atoms with Crippen LogP contribution < -0.4 is 36.9 Å². The molecule has 4 saturated heterocycles. The smallest absolute Gasteiger partial charge is 0.253 e. The Balaban J connectivity index is 0.000000221. The fourth-order valence-corrected chi connectivity index (χ4v) is 11.3. The number of carbonyl (C=O) groups excluding carboxylic acids is 2. The van der Waals surface area contributed by atoms with Gasteiger partial charge in [-0.25, -0.2) is 0 Å². The molecule has 14 nitrogen and oxygen atoms in total. The standard InChI is InChI=1S/C32H44N4O3.C30H40N4O3/c1-6-35-14-10-25(11-15-35)8-9-26-19-28(31(37)33-21-29-22(3)18-23(4)34-32(29)38)24(5)30(20-26)36(7-2)27-12-16-39-17-13-27;1-5-34(25-10-14-37-15-11-25)28-18-24(7-6-23-8-12-31-13-9-23)17-26(22(28)4)29(35)32-19-27-20(2)16-21(3)33-30(27)36/h18-20,25,27H,6-7,10-17,21H2,1-5H3,(H,33,37)(H,34,38);16-18,23,25,31H,5,8-15,19H2,1-4H3,(H,32,35)(H,33,36). The number of pyridine rings is 2. The van der Waals surface area contributed by atoms with Gasteiger partial charge in [0.25, 0.3) is 22.9 Å². The summed E-state index contributed by atoms with van der Waals surface area (Å²) in [6.45, 7) is 28.4. The van der Waals surface area contributed by atoms with Crippen LogP contribution in [0, 0.1) is 77.1 Å². The fourth-order valence-electron chi connectivity index (χ4n) is 11.3. The number of ether oxygens (including phenoxy) is 2. The van der Waals surface area contributed by atoms with E-state index in [9.17, 15) is 19.2 Å². The molecule has 8 rings (SSSR count). The van der Waals surface area contributed by atoms with Gasteiger partial charge in [-0.2, -0.15) is 0 Å². The maximum Gasteiger partial charge on any atom is 0.253 e. The van der Waals surface area contributed by atoms with E-state index in [2.05, 4.69) is 97.2 Å². The topological polar surface area (TPSA) is 164 Å². The summed E-state index contributed by atoms with van der Waals surface area (Å²) < 4.78 is 11.2. The summed E-state index contributed by atoms with van der Waals surface area (Å²) in [4.78, 5) is 65.0. The molecule has 0 bridgehead atoms. The van der Waals surface area contributed by atoms with Crippen molar-refractivity contribution in [2.45, 2.75) is 139 Å². The summed E-state index contributed by atoms with van der Waals surface area (Å²) in [6, 6.07) is 12.7. The molecule has 4 aliphatic rings. The minimum atomic E-state index is -0.188. The van der Waals surface area contributed by atoms with Gasteiger partial charge < -0.3 is 50.1 Å². The number of likely N-dealkylation sites (tertiary alicyclic amines) is 1. The first-order valence-corrected chi connectivity index (χ1v) is 28.1. The van der Waals surface area contributed by atoms with Crippen LogP contribution in [0.25, 0.3) is 0 Å². The Hall–Kier alpha value is -6.16. The van der Waals surface area contributed by atoms with Gasteiger partial charge in [0, 0.05) is 133 Å². The van der Waals surface area contributed by atoms with Crippen molar-refractivity contribution in [3.63, 3.8) is 0 Å². The molecule has 0 atom stereocenters. The van der Waals surface area contributed by atoms with Crippen LogP contribution in [0.4, 0.5) is 11.4 Å². The lowest BCUT2D eigenvalue weighted by molar-refractivity contribution is 0.0845. The minimum Gasteiger partial charge on any atom is -0.381 e. The van der Waals surface area contributed by atoms with E-state index in [-0.39, 0.29) is 36.0 Å². The van der Waals surface area contributed by atoms with E-state index in [4.69, 9.17) is 9.47 Å². The number of benzene rings is 2. The quantitative estimate of drug-likeness (QED) is 0.0833. The summed E-state index contributed by atoms with van der Waals surface area (Å²) in [7, 11) is 0. The minimum absolute atomic E-state index is 0.157. The highest BCUT2D eigenvalue weighted by Gasteiger charge is 2.27. The number of anilines is 2. The van der Waals surface area contributed by atoms with Gasteiger partial charge in [0.15, 0.2) is 0 Å². The Morgan fingerprint density at radius 3 is 1.38 bits per heavy atom. The molecule has 2 aromatic carbocycles. The van der Waals surface area contributed by atoms with Gasteiger partial charge in [0.2, 0.25) is 0 Å². The first-order chi connectivity index (χ1) is 36.7. The fraction of sp³-hybridized carbons (Fsp3) is 0.548. The number of aryl methyl sites for hydroxylation is 4. The molecular weight excluding hydrogens is 953 g/mol. The molecule has 76 heavy (non-hydrogen) atoms. The zero-order valence-corrected chi connectivity index (χ0v) is 46.9. The highest BCUT2D eigenvalue weighted by Crippen LogP contribution is 2.32. The Labute approximate surface area is 451 Å². The van der Waals surface area contributed by atoms with E-state index >= 15 is 0 Å². The zero-order chi connectivity index (χ0) is 54.3. The van der Waals surface area contributed by atoms with E-state index in [1.807, 2.05) is 65.8 Å². The first-order valence-electron chi connectivity index (χ1n) is 28.1. The molecule has 14 heteroatoms. The Kier molecular flexibility index (Phi) is 21.0. The Bertz CT molecular complexity index is 2890. The summed E-state index contributed by atoms with van der Waals surface area (Å²) in [5.41, 5.74) is 11.2. The van der Waals surface area contributed by atoms with Gasteiger partial charge in [-0.1, -0.05) is 30.6 Å². The molecule has 6 heterocycles. The van der Waals surface area contributed by atoms with Crippen molar-refractivity contribution in [2.75, 3.05) is 82.0 Å². The summed E-state index contributed by atoms with van der Waals surface area (Å²) >= 11 is 0. The third-order valence-corrected chi connectivity index (χ3v) is 15.9. The van der Waals surface area contributed by atoms with Gasteiger partial charge in [0.05, 0.1) is 0 Å². The van der Waals surface area contributed by atoms with E-state index in [0.29, 0.717) is 46.2 Å². The highest BCUT2D eigenvalue weighted by atomic mass is 16.5. The van der Waals surface area contributed by atoms with Gasteiger partial charge in [-0.3, -0.25) is 19.2 Å². The lowest BCUT2D eigenvalue weighted by Gasteiger charge is -2.36. The van der Waals surface area contributed by atoms with Crippen molar-refractivity contribution in [3.8, 4) is 23.7 Å². The molecule has 0 aliphatic carbocycles. The molecule has 4 aliphatic heterocycles. The molecular formula is C62H84N8O6. The molecule has 2 aromatic heterocycles. The maximum absolute atomic E-state index is 13.6. The van der Waals surface area contributed by atoms with Crippen LogP contribution in [0.2, 0.25) is 0 Å². The Morgan fingerprint density at radius 1 is 0.592 bits per heavy atom. The van der Waals surface area contributed by atoms with E-state index in [1.54, 1.807) is 0 Å². The average Bonchev–Trinajstić information content (AvgIpc) is 3.42. The van der Waals surface area contributed by atoms with Crippen molar-refractivity contribution in [1.82, 2.24) is 30.8 Å². The van der Waals surface area contributed by atoms with E-state index in [0.717, 1.165) is 180 Å². The molecule has 5 N–H and O–H groups in total. The SMILES string of the molecule is CCN(c1cc(C#CC2CCNCC2)cc(C(=O)NCc2c(C)cc(C)[nH]c2=O)c1C)C1CCOCC1.CCN1CCC(C#Cc2cc(C(=O)NCc3c(C)cc(C)[nH]c3=O)c(C)c(N(CC)C3CCOCC3)c2)CC1. The zero-order valence-electron chi connectivity index (χ0n) is 46.9. The molecule has 2 amide bonds. The summed E-state index contributed by atoms with van der Waals surface area (Å²) in [5.74, 6) is 14.2. The van der Waals surface area contributed by atoms with Crippen molar-refractivity contribution in [2.24, 2.45) is 11.8 Å². The predicted octanol–water partition coefficient (Wildman–Crippen LogP) is 7.91. The van der Waals surface area contributed by atoms with E-state index < -0.39 is 0 Å². The molecule has 4 fully saturated rings. The van der Waals surface area contributed by atoms with Crippen molar-refractivity contribution >= 4 is 23.2 Å². The number of nitrogens with one attached hydrogen (secondary N) is 5. The molecule has 0 radical (unpaired) electrons. The van der Waals surface area contributed by atoms with Crippen LogP contribution in [0.3, 0.4) is 0 Å². The van der Waals surface area contributed by atoms with Crippen LogP contribution >= 0.6 is 0 Å². The molecule has 4 aromatic rings. The van der Waals surface area contributed by atoms with Gasteiger partial charge >= 0.3 is 0 Å². The number of piperidine rings is 2. The lowest BCUT2D eigenvalue weighted by atomic mass is 9.95. The molecule has 0 saturated carbocycles. The van der Waals surface area contributed by atoms with E-state index in [1.165, 1.54) is 0 Å². The number of amides is 2. The molecule has 0 unspecified atom stereocenters. The number of rotatable bonds is 13. The number of H-pyrrole nitrogens is 2. The summed E-state index contributed by atoms with van der Waals surface area (Å²) in [5, 5.41) is 9.40. The number of aromatic nitrogens is 2. The van der Waals surface area contributed by atoms with Crippen molar-refractivity contribution in [1.29, 1.82) is 0 Å². The van der Waals surface area contributed by atoms with Crippen LogP contribution in [0.5, 0.6) is 0 Å².